The van der Waals surface area contributed by atoms with Gasteiger partial charge in [0.2, 0.25) is 0 Å². The second kappa shape index (κ2) is 12.3. The van der Waals surface area contributed by atoms with Crippen molar-refractivity contribution in [2.75, 3.05) is 0 Å². The van der Waals surface area contributed by atoms with Gasteiger partial charge < -0.3 is 0 Å². The summed E-state index contributed by atoms with van der Waals surface area (Å²) in [5.74, 6) is 3.86. The number of hydrogen-bond acceptors (Lipinski definition) is 6. The molecule has 12 bridgehead atoms. The van der Waals surface area contributed by atoms with E-state index in [1.807, 2.05) is 60.7 Å². The Morgan fingerprint density at radius 2 is 0.531 bits per heavy atom. The van der Waals surface area contributed by atoms with E-state index < -0.39 is 9.52 Å². The van der Waals surface area contributed by atoms with E-state index in [4.69, 9.17) is 29.9 Å². The lowest BCUT2D eigenvalue weighted by Crippen LogP contribution is -2.27. The standard InChI is InChI=1S/C42H28N6Si/c1-3-11-27(12-4-1)37-43-39-31-17-7-15-29(23-31)30-16-8-18-32(24-30)40-44-38(28-13-5-2-6-14-28)46-42(48-40)34-20-10-22-36(26-34)49-35-21-9-19-33(25-35)41(45-37)47-39/h1-26H,49H2. The van der Waals surface area contributed by atoms with Crippen molar-refractivity contribution in [3.63, 3.8) is 0 Å². The molecule has 0 aliphatic carbocycles. The minimum atomic E-state index is -0.864. The lowest BCUT2D eigenvalue weighted by atomic mass is 10.0. The van der Waals surface area contributed by atoms with E-state index in [2.05, 4.69) is 97.1 Å². The van der Waals surface area contributed by atoms with Gasteiger partial charge in [-0.1, -0.05) is 156 Å². The summed E-state index contributed by atoms with van der Waals surface area (Å²) in [4.78, 5) is 30.1. The zero-order valence-corrected chi connectivity index (χ0v) is 27.8. The first kappa shape index (κ1) is 28.8. The van der Waals surface area contributed by atoms with Crippen LogP contribution in [0.15, 0.2) is 158 Å². The van der Waals surface area contributed by atoms with Crippen LogP contribution in [0, 0.1) is 0 Å². The van der Waals surface area contributed by atoms with Crippen LogP contribution in [-0.2, 0) is 0 Å². The topological polar surface area (TPSA) is 77.3 Å². The third-order valence-electron chi connectivity index (χ3n) is 8.69. The average molecular weight is 645 g/mol. The second-order valence-corrected chi connectivity index (χ2v) is 14.1. The van der Waals surface area contributed by atoms with Crippen molar-refractivity contribution in [3.05, 3.63) is 158 Å². The Morgan fingerprint density at radius 3 is 0.918 bits per heavy atom. The first-order chi connectivity index (χ1) is 24.2. The molecule has 1 aliphatic heterocycles. The van der Waals surface area contributed by atoms with Crippen LogP contribution in [0.2, 0.25) is 0 Å². The minimum Gasteiger partial charge on any atom is -0.208 e. The molecular weight excluding hydrogens is 617 g/mol. The van der Waals surface area contributed by atoms with E-state index in [1.54, 1.807) is 0 Å². The summed E-state index contributed by atoms with van der Waals surface area (Å²) in [5, 5.41) is 2.57. The molecule has 1 aliphatic rings. The molecule has 0 N–H and O–H groups in total. The van der Waals surface area contributed by atoms with Crippen LogP contribution < -0.4 is 10.4 Å². The van der Waals surface area contributed by atoms with Crippen molar-refractivity contribution < 1.29 is 0 Å². The van der Waals surface area contributed by atoms with Crippen molar-refractivity contribution in [1.82, 2.24) is 29.9 Å². The quantitative estimate of drug-likeness (QED) is 0.186. The van der Waals surface area contributed by atoms with Gasteiger partial charge in [-0.05, 0) is 23.3 Å². The van der Waals surface area contributed by atoms with E-state index >= 15 is 0 Å². The third-order valence-corrected chi connectivity index (χ3v) is 10.4. The third kappa shape index (κ3) is 5.84. The largest absolute Gasteiger partial charge is 0.208 e. The molecule has 0 atom stereocenters. The van der Waals surface area contributed by atoms with Crippen molar-refractivity contribution in [1.29, 1.82) is 0 Å². The molecule has 0 radical (unpaired) electrons. The van der Waals surface area contributed by atoms with Crippen molar-refractivity contribution in [3.8, 4) is 79.5 Å². The number of aromatic nitrogens is 6. The summed E-state index contributed by atoms with van der Waals surface area (Å²) in [6, 6.07) is 54.2. The SMILES string of the molecule is c1ccc(-c2nc3nc(n2)-c2cccc(c2)-c2cccc(c2)-c2nc(-c4ccccc4)nc(n2)-c2cccc(c2)[SiH2]c2cccc-3c2)cc1. The fourth-order valence-electron chi connectivity index (χ4n) is 6.25. The Hall–Kier alpha value is -6.44. The smallest absolute Gasteiger partial charge is 0.164 e. The molecule has 49 heavy (non-hydrogen) atoms. The average Bonchev–Trinajstić information content (AvgIpc) is 3.18. The first-order valence-electron chi connectivity index (χ1n) is 16.2. The lowest BCUT2D eigenvalue weighted by molar-refractivity contribution is 1.07. The number of fused-ring (bicyclic) bond motifs is 17. The maximum absolute atomic E-state index is 5.06. The van der Waals surface area contributed by atoms with Gasteiger partial charge in [0.15, 0.2) is 34.9 Å². The maximum atomic E-state index is 5.06. The zero-order valence-electron chi connectivity index (χ0n) is 26.4. The second-order valence-electron chi connectivity index (χ2n) is 12.1. The van der Waals surface area contributed by atoms with E-state index in [9.17, 15) is 0 Å². The molecule has 0 saturated heterocycles. The molecule has 6 aromatic carbocycles. The van der Waals surface area contributed by atoms with Gasteiger partial charge in [-0.15, -0.1) is 0 Å². The van der Waals surface area contributed by atoms with Crippen LogP contribution in [0.25, 0.3) is 79.5 Å². The normalized spacial score (nSPS) is 11.6. The highest BCUT2D eigenvalue weighted by Gasteiger charge is 2.16. The number of rotatable bonds is 2. The van der Waals surface area contributed by atoms with E-state index in [0.717, 1.165) is 44.5 Å². The highest BCUT2D eigenvalue weighted by Crippen LogP contribution is 2.31. The number of benzene rings is 6. The number of hydrogen-bond donors (Lipinski definition) is 0. The molecule has 3 heterocycles. The molecule has 0 fully saturated rings. The van der Waals surface area contributed by atoms with Gasteiger partial charge in [-0.3, -0.25) is 0 Å². The Kier molecular flexibility index (Phi) is 7.22. The van der Waals surface area contributed by atoms with Crippen LogP contribution in [0.5, 0.6) is 0 Å². The minimum absolute atomic E-state index is 0.629. The molecular formula is C42H28N6Si. The summed E-state index contributed by atoms with van der Waals surface area (Å²) >= 11 is 0. The molecule has 0 amide bonds. The van der Waals surface area contributed by atoms with E-state index in [-0.39, 0.29) is 0 Å². The monoisotopic (exact) mass is 644 g/mol. The Balaban J connectivity index is 1.28. The Bertz CT molecular complexity index is 2310. The summed E-state index contributed by atoms with van der Waals surface area (Å²) in [6.07, 6.45) is 0. The fraction of sp³-hybridized carbons (Fsp3) is 0. The van der Waals surface area contributed by atoms with Crippen LogP contribution in [-0.4, -0.2) is 39.4 Å². The van der Waals surface area contributed by atoms with Gasteiger partial charge >= 0.3 is 0 Å². The van der Waals surface area contributed by atoms with Gasteiger partial charge in [0, 0.05) is 33.4 Å². The summed E-state index contributed by atoms with van der Waals surface area (Å²) in [5.41, 5.74) is 7.74. The van der Waals surface area contributed by atoms with Crippen LogP contribution in [0.3, 0.4) is 0 Å². The summed E-state index contributed by atoms with van der Waals surface area (Å²) in [7, 11) is -0.864. The van der Waals surface area contributed by atoms with E-state index in [0.29, 0.717) is 34.9 Å². The van der Waals surface area contributed by atoms with E-state index in [1.165, 1.54) is 10.4 Å². The van der Waals surface area contributed by atoms with Crippen LogP contribution in [0.4, 0.5) is 0 Å². The molecule has 8 aromatic rings. The van der Waals surface area contributed by atoms with Crippen molar-refractivity contribution >= 4 is 19.9 Å². The summed E-state index contributed by atoms with van der Waals surface area (Å²) in [6.45, 7) is 0. The molecule has 6 nitrogen and oxygen atoms in total. The van der Waals surface area contributed by atoms with Crippen molar-refractivity contribution in [2.24, 2.45) is 0 Å². The van der Waals surface area contributed by atoms with Gasteiger partial charge in [-0.2, -0.15) is 0 Å². The first-order valence-corrected chi connectivity index (χ1v) is 17.7. The molecule has 0 saturated carbocycles. The molecule has 7 heteroatoms. The predicted octanol–water partition coefficient (Wildman–Crippen LogP) is 7.16. The van der Waals surface area contributed by atoms with Crippen LogP contribution in [0.1, 0.15) is 0 Å². The Labute approximate surface area is 286 Å². The fourth-order valence-corrected chi connectivity index (χ4v) is 7.88. The van der Waals surface area contributed by atoms with Gasteiger partial charge in [0.05, 0.1) is 9.52 Å². The highest BCUT2D eigenvalue weighted by molar-refractivity contribution is 6.67. The molecule has 230 valence electrons. The Morgan fingerprint density at radius 1 is 0.245 bits per heavy atom. The van der Waals surface area contributed by atoms with Crippen LogP contribution >= 0.6 is 0 Å². The predicted molar refractivity (Wildman–Crippen MR) is 199 cm³/mol. The van der Waals surface area contributed by atoms with Gasteiger partial charge in [-0.25, -0.2) is 29.9 Å². The highest BCUT2D eigenvalue weighted by atomic mass is 28.2. The summed E-state index contributed by atoms with van der Waals surface area (Å²) < 4.78 is 0. The molecule has 9 rings (SSSR count). The number of nitrogens with zero attached hydrogens (tertiary/aromatic N) is 6. The van der Waals surface area contributed by atoms with Gasteiger partial charge in [0.1, 0.15) is 0 Å². The zero-order chi connectivity index (χ0) is 32.6. The molecule has 0 unspecified atom stereocenters. The van der Waals surface area contributed by atoms with Gasteiger partial charge in [0.25, 0.3) is 0 Å². The molecule has 2 aromatic heterocycles. The lowest BCUT2D eigenvalue weighted by Gasteiger charge is -2.11. The molecule has 0 spiro atoms. The van der Waals surface area contributed by atoms with Crippen molar-refractivity contribution in [2.45, 2.75) is 0 Å². The maximum Gasteiger partial charge on any atom is 0.164 e.